The third-order valence-corrected chi connectivity index (χ3v) is 4.33. The minimum Gasteiger partial charge on any atom is -0.345 e. The van der Waals surface area contributed by atoms with Crippen LogP contribution in [0.25, 0.3) is 22.3 Å². The number of pyridine rings is 1. The molecule has 0 aliphatic rings. The quantitative estimate of drug-likeness (QED) is 0.689. The number of H-pyrrole nitrogens is 1. The number of primary sulfonamides is 1. The molecule has 0 unspecified atom stereocenters. The lowest BCUT2D eigenvalue weighted by Crippen LogP contribution is -2.11. The minimum absolute atomic E-state index is 0.0524. The first-order valence-corrected chi connectivity index (χ1v) is 8.00. The highest BCUT2D eigenvalue weighted by molar-refractivity contribution is 7.89. The Kier molecular flexibility index (Phi) is 3.61. The molecule has 0 aliphatic heterocycles. The van der Waals surface area contributed by atoms with Crippen molar-refractivity contribution in [3.8, 4) is 11.3 Å². The Bertz CT molecular complexity index is 1040. The van der Waals surface area contributed by atoms with E-state index in [0.29, 0.717) is 6.07 Å². The minimum atomic E-state index is -4.65. The van der Waals surface area contributed by atoms with Crippen molar-refractivity contribution in [2.24, 2.45) is 5.14 Å². The normalized spacial score (nSPS) is 12.7. The van der Waals surface area contributed by atoms with E-state index in [1.54, 1.807) is 0 Å². The third-order valence-electron chi connectivity index (χ3n) is 3.38. The van der Waals surface area contributed by atoms with Gasteiger partial charge in [0.15, 0.2) is 0 Å². The molecule has 10 heteroatoms. The first-order chi connectivity index (χ1) is 11.1. The van der Waals surface area contributed by atoms with Gasteiger partial charge in [0.2, 0.25) is 10.0 Å². The van der Waals surface area contributed by atoms with Gasteiger partial charge in [-0.15, -0.1) is 0 Å². The molecule has 24 heavy (non-hydrogen) atoms. The third kappa shape index (κ3) is 2.85. The topological polar surface area (TPSA) is 88.8 Å². The average molecular weight is 359 g/mol. The van der Waals surface area contributed by atoms with Crippen LogP contribution in [0.2, 0.25) is 0 Å². The molecule has 5 nitrogen and oxygen atoms in total. The van der Waals surface area contributed by atoms with Crippen LogP contribution >= 0.6 is 0 Å². The summed E-state index contributed by atoms with van der Waals surface area (Å²) in [4.78, 5) is 6.45. The fraction of sp³-hybridized carbons (Fsp3) is 0.0714. The first-order valence-electron chi connectivity index (χ1n) is 6.45. The number of nitrogens with one attached hydrogen (secondary N) is 1. The maximum Gasteiger partial charge on any atom is 0.416 e. The van der Waals surface area contributed by atoms with Crippen molar-refractivity contribution in [1.29, 1.82) is 0 Å². The first kappa shape index (κ1) is 16.4. The lowest BCUT2D eigenvalue weighted by Gasteiger charge is -2.09. The van der Waals surface area contributed by atoms with E-state index in [0.717, 1.165) is 18.3 Å². The summed E-state index contributed by atoms with van der Waals surface area (Å²) < 4.78 is 74.5. The molecule has 3 rings (SSSR count). The van der Waals surface area contributed by atoms with E-state index < -0.39 is 27.6 Å². The zero-order valence-electron chi connectivity index (χ0n) is 11.7. The standard InChI is InChI=1S/C14H9F4N3O2S/c15-10-5-7(14(16,17)18)1-2-8(10)11-4-3-9-12(24(19,22)23)6-20-13(9)21-11/h1-6H,(H,20,21)(H2,19,22,23). The second-order valence-electron chi connectivity index (χ2n) is 4.98. The second kappa shape index (κ2) is 5.28. The van der Waals surface area contributed by atoms with Gasteiger partial charge in [-0.1, -0.05) is 0 Å². The number of fused-ring (bicyclic) bond motifs is 1. The van der Waals surface area contributed by atoms with Gasteiger partial charge in [-0.3, -0.25) is 0 Å². The molecular formula is C14H9F4N3O2S. The van der Waals surface area contributed by atoms with E-state index >= 15 is 0 Å². The van der Waals surface area contributed by atoms with Crippen LogP contribution in [0.1, 0.15) is 5.56 Å². The van der Waals surface area contributed by atoms with Gasteiger partial charge in [-0.05, 0) is 30.3 Å². The Morgan fingerprint density at radius 3 is 2.42 bits per heavy atom. The highest BCUT2D eigenvalue weighted by Crippen LogP contribution is 2.33. The predicted octanol–water partition coefficient (Wildman–Crippen LogP) is 3.04. The summed E-state index contributed by atoms with van der Waals surface area (Å²) in [6.45, 7) is 0. The molecule has 0 saturated carbocycles. The summed E-state index contributed by atoms with van der Waals surface area (Å²) in [6, 6.07) is 4.75. The number of nitrogens with zero attached hydrogens (tertiary/aromatic N) is 1. The number of nitrogens with two attached hydrogens (primary N) is 1. The second-order valence-corrected chi connectivity index (χ2v) is 6.51. The average Bonchev–Trinajstić information content (AvgIpc) is 2.89. The molecule has 3 aromatic rings. The van der Waals surface area contributed by atoms with Crippen LogP contribution in [0.4, 0.5) is 17.6 Å². The van der Waals surface area contributed by atoms with Gasteiger partial charge in [-0.2, -0.15) is 13.2 Å². The monoisotopic (exact) mass is 359 g/mol. The maximum atomic E-state index is 14.0. The number of hydrogen-bond acceptors (Lipinski definition) is 3. The number of sulfonamides is 1. The van der Waals surface area contributed by atoms with E-state index in [4.69, 9.17) is 5.14 Å². The summed E-state index contributed by atoms with van der Waals surface area (Å²) in [5.41, 5.74) is -1.08. The van der Waals surface area contributed by atoms with Crippen molar-refractivity contribution in [2.45, 2.75) is 11.1 Å². The maximum absolute atomic E-state index is 14.0. The highest BCUT2D eigenvalue weighted by atomic mass is 32.2. The molecule has 0 spiro atoms. The zero-order valence-corrected chi connectivity index (χ0v) is 12.5. The number of aromatic nitrogens is 2. The predicted molar refractivity (Wildman–Crippen MR) is 77.9 cm³/mol. The van der Waals surface area contributed by atoms with Gasteiger partial charge in [0.05, 0.1) is 11.3 Å². The lowest BCUT2D eigenvalue weighted by atomic mass is 10.1. The fourth-order valence-corrected chi connectivity index (χ4v) is 2.96. The largest absolute Gasteiger partial charge is 0.416 e. The number of hydrogen-bond donors (Lipinski definition) is 2. The van der Waals surface area contributed by atoms with E-state index in [-0.39, 0.29) is 27.2 Å². The smallest absolute Gasteiger partial charge is 0.345 e. The van der Waals surface area contributed by atoms with Crippen LogP contribution in [-0.4, -0.2) is 18.4 Å². The van der Waals surface area contributed by atoms with E-state index in [9.17, 15) is 26.0 Å². The van der Waals surface area contributed by atoms with Gasteiger partial charge < -0.3 is 4.98 Å². The Hall–Kier alpha value is -2.46. The Labute approximate surface area is 133 Å². The SMILES string of the molecule is NS(=O)(=O)c1c[nH]c2nc(-c3ccc(C(F)(F)F)cc3F)ccc12. The lowest BCUT2D eigenvalue weighted by molar-refractivity contribution is -0.137. The molecule has 0 aliphatic carbocycles. The molecule has 0 atom stereocenters. The summed E-state index contributed by atoms with van der Waals surface area (Å²) in [5, 5.41) is 5.26. The summed E-state index contributed by atoms with van der Waals surface area (Å²) in [5.74, 6) is -1.09. The number of alkyl halides is 3. The molecule has 0 bridgehead atoms. The molecule has 1 aromatic carbocycles. The van der Waals surface area contributed by atoms with Crippen LogP contribution in [-0.2, 0) is 16.2 Å². The van der Waals surface area contributed by atoms with Gasteiger partial charge >= 0.3 is 6.18 Å². The van der Waals surface area contributed by atoms with Crippen LogP contribution in [0.15, 0.2) is 41.4 Å². The number of rotatable bonds is 2. The number of halogens is 4. The van der Waals surface area contributed by atoms with Crippen LogP contribution < -0.4 is 5.14 Å². The molecule has 0 saturated heterocycles. The molecule has 0 amide bonds. The number of aromatic amines is 1. The molecule has 0 fully saturated rings. The van der Waals surface area contributed by atoms with Crippen LogP contribution in [0.5, 0.6) is 0 Å². The highest BCUT2D eigenvalue weighted by Gasteiger charge is 2.31. The van der Waals surface area contributed by atoms with E-state index in [1.165, 1.54) is 12.1 Å². The van der Waals surface area contributed by atoms with Crippen molar-refractivity contribution in [2.75, 3.05) is 0 Å². The summed E-state index contributed by atoms with van der Waals surface area (Å²) in [7, 11) is -3.96. The van der Waals surface area contributed by atoms with Crippen molar-refractivity contribution in [3.05, 3.63) is 47.9 Å². The molecule has 3 N–H and O–H groups in total. The van der Waals surface area contributed by atoms with Crippen molar-refractivity contribution in [1.82, 2.24) is 9.97 Å². The molecular weight excluding hydrogens is 350 g/mol. The molecule has 126 valence electrons. The summed E-state index contributed by atoms with van der Waals surface area (Å²) >= 11 is 0. The molecule has 2 heterocycles. The Morgan fingerprint density at radius 2 is 1.83 bits per heavy atom. The van der Waals surface area contributed by atoms with Crippen molar-refractivity contribution >= 4 is 21.1 Å². The zero-order chi connectivity index (χ0) is 17.7. The van der Waals surface area contributed by atoms with Gasteiger partial charge in [-0.25, -0.2) is 22.9 Å². The Morgan fingerprint density at radius 1 is 1.12 bits per heavy atom. The van der Waals surface area contributed by atoms with Crippen LogP contribution in [0.3, 0.4) is 0 Å². The number of benzene rings is 1. The Balaban J connectivity index is 2.11. The van der Waals surface area contributed by atoms with Crippen molar-refractivity contribution in [3.63, 3.8) is 0 Å². The summed E-state index contributed by atoms with van der Waals surface area (Å²) in [6.07, 6.45) is -3.51. The molecule has 0 radical (unpaired) electrons. The van der Waals surface area contributed by atoms with E-state index in [2.05, 4.69) is 9.97 Å². The fourth-order valence-electron chi connectivity index (χ4n) is 2.26. The molecule has 2 aromatic heterocycles. The van der Waals surface area contributed by atoms with Crippen molar-refractivity contribution < 1.29 is 26.0 Å². The van der Waals surface area contributed by atoms with Gasteiger partial charge in [0.1, 0.15) is 16.4 Å². The van der Waals surface area contributed by atoms with Gasteiger partial charge in [0.25, 0.3) is 0 Å². The van der Waals surface area contributed by atoms with E-state index in [1.807, 2.05) is 0 Å². The van der Waals surface area contributed by atoms with Crippen LogP contribution in [0, 0.1) is 5.82 Å². The van der Waals surface area contributed by atoms with Gasteiger partial charge in [0, 0.05) is 17.1 Å².